The highest BCUT2D eigenvalue weighted by molar-refractivity contribution is 4.88. The van der Waals surface area contributed by atoms with Gasteiger partial charge in [0.15, 0.2) is 0 Å². The molecule has 3 heteroatoms. The molecule has 1 saturated heterocycles. The zero-order chi connectivity index (χ0) is 9.15. The number of hydrogen-bond acceptors (Lipinski definition) is 3. The smallest absolute Gasteiger partial charge is 0.0660 e. The van der Waals surface area contributed by atoms with E-state index in [-0.39, 0.29) is 5.60 Å². The van der Waals surface area contributed by atoms with E-state index in [1.54, 1.807) is 0 Å². The largest absolute Gasteiger partial charge is 0.390 e. The van der Waals surface area contributed by atoms with Gasteiger partial charge in [-0.3, -0.25) is 0 Å². The molecule has 0 aromatic rings. The summed E-state index contributed by atoms with van der Waals surface area (Å²) < 4.78 is 0. The molecule has 1 aliphatic carbocycles. The highest BCUT2D eigenvalue weighted by Gasteiger charge is 2.34. The zero-order valence-corrected chi connectivity index (χ0v) is 8.26. The van der Waals surface area contributed by atoms with Crippen LogP contribution in [0, 0.1) is 0 Å². The molecule has 1 saturated carbocycles. The molecule has 76 valence electrons. The highest BCUT2D eigenvalue weighted by Crippen LogP contribution is 2.34. The second-order valence-electron chi connectivity index (χ2n) is 4.42. The Bertz CT molecular complexity index is 162. The minimum absolute atomic E-state index is 0.287. The van der Waals surface area contributed by atoms with E-state index in [0.29, 0.717) is 0 Å². The molecule has 1 aliphatic heterocycles. The molecule has 0 spiro atoms. The molecule has 0 bridgehead atoms. The Morgan fingerprint density at radius 3 is 2.46 bits per heavy atom. The number of nitrogens with one attached hydrogen (secondary N) is 1. The molecule has 0 aromatic heterocycles. The van der Waals surface area contributed by atoms with Crippen molar-refractivity contribution in [2.24, 2.45) is 0 Å². The fourth-order valence-corrected chi connectivity index (χ4v) is 2.14. The van der Waals surface area contributed by atoms with Crippen molar-refractivity contribution in [2.75, 3.05) is 32.7 Å². The number of aliphatic hydroxyl groups is 1. The SMILES string of the molecule is OC1(CCN2CCNCC2)CCC1. The van der Waals surface area contributed by atoms with Gasteiger partial charge in [0.2, 0.25) is 0 Å². The van der Waals surface area contributed by atoms with E-state index in [1.165, 1.54) is 6.42 Å². The Kier molecular flexibility index (Phi) is 2.86. The third-order valence-electron chi connectivity index (χ3n) is 3.39. The Morgan fingerprint density at radius 1 is 1.23 bits per heavy atom. The van der Waals surface area contributed by atoms with Gasteiger partial charge in [-0.25, -0.2) is 0 Å². The van der Waals surface area contributed by atoms with Crippen LogP contribution >= 0.6 is 0 Å². The van der Waals surface area contributed by atoms with Crippen LogP contribution in [0.15, 0.2) is 0 Å². The standard InChI is InChI=1S/C10H20N2O/c13-10(2-1-3-10)4-7-12-8-5-11-6-9-12/h11,13H,1-9H2. The van der Waals surface area contributed by atoms with Crippen LogP contribution in [0.5, 0.6) is 0 Å². The molecule has 0 amide bonds. The van der Waals surface area contributed by atoms with E-state index >= 15 is 0 Å². The summed E-state index contributed by atoms with van der Waals surface area (Å²) in [5, 5.41) is 13.2. The predicted octanol–water partition coefficient (Wildman–Crippen LogP) is 0.197. The number of piperazine rings is 1. The van der Waals surface area contributed by atoms with Gasteiger partial charge in [-0.1, -0.05) is 0 Å². The van der Waals surface area contributed by atoms with E-state index in [1.807, 2.05) is 0 Å². The van der Waals surface area contributed by atoms with Crippen LogP contribution in [0.2, 0.25) is 0 Å². The maximum Gasteiger partial charge on any atom is 0.0660 e. The monoisotopic (exact) mass is 184 g/mol. The van der Waals surface area contributed by atoms with Crippen molar-refractivity contribution in [3.05, 3.63) is 0 Å². The van der Waals surface area contributed by atoms with Crippen molar-refractivity contribution in [3.63, 3.8) is 0 Å². The number of hydrogen-bond donors (Lipinski definition) is 2. The molecule has 0 radical (unpaired) electrons. The molecule has 3 nitrogen and oxygen atoms in total. The average Bonchev–Trinajstić information content (AvgIpc) is 2.13. The predicted molar refractivity (Wildman–Crippen MR) is 52.7 cm³/mol. The maximum atomic E-state index is 9.90. The van der Waals surface area contributed by atoms with Gasteiger partial charge >= 0.3 is 0 Å². The van der Waals surface area contributed by atoms with E-state index in [2.05, 4.69) is 10.2 Å². The first-order valence-corrected chi connectivity index (χ1v) is 5.44. The van der Waals surface area contributed by atoms with Gasteiger partial charge in [-0.15, -0.1) is 0 Å². The molecular weight excluding hydrogens is 164 g/mol. The lowest BCUT2D eigenvalue weighted by atomic mass is 9.78. The van der Waals surface area contributed by atoms with Crippen LogP contribution in [-0.2, 0) is 0 Å². The Labute approximate surface area is 80.1 Å². The fraction of sp³-hybridized carbons (Fsp3) is 1.00. The van der Waals surface area contributed by atoms with Crippen molar-refractivity contribution in [1.29, 1.82) is 0 Å². The first kappa shape index (κ1) is 9.44. The molecule has 2 aliphatic rings. The fourth-order valence-electron chi connectivity index (χ4n) is 2.14. The van der Waals surface area contributed by atoms with Crippen molar-refractivity contribution in [1.82, 2.24) is 10.2 Å². The van der Waals surface area contributed by atoms with Crippen LogP contribution in [0.3, 0.4) is 0 Å². The quantitative estimate of drug-likeness (QED) is 0.657. The van der Waals surface area contributed by atoms with Gasteiger partial charge < -0.3 is 15.3 Å². The first-order valence-electron chi connectivity index (χ1n) is 5.44. The summed E-state index contributed by atoms with van der Waals surface area (Å²) in [4.78, 5) is 2.45. The molecule has 0 atom stereocenters. The van der Waals surface area contributed by atoms with Gasteiger partial charge in [0.05, 0.1) is 5.60 Å². The molecular formula is C10H20N2O. The minimum Gasteiger partial charge on any atom is -0.390 e. The first-order chi connectivity index (χ1) is 6.29. The summed E-state index contributed by atoms with van der Waals surface area (Å²) in [7, 11) is 0. The Hall–Kier alpha value is -0.120. The van der Waals surface area contributed by atoms with E-state index < -0.39 is 0 Å². The summed E-state index contributed by atoms with van der Waals surface area (Å²) in [5.41, 5.74) is -0.287. The molecule has 2 N–H and O–H groups in total. The van der Waals surface area contributed by atoms with E-state index in [0.717, 1.165) is 52.0 Å². The molecule has 0 aromatic carbocycles. The van der Waals surface area contributed by atoms with E-state index in [9.17, 15) is 5.11 Å². The second kappa shape index (κ2) is 3.95. The highest BCUT2D eigenvalue weighted by atomic mass is 16.3. The van der Waals surface area contributed by atoms with Crippen molar-refractivity contribution in [3.8, 4) is 0 Å². The normalized spacial score (nSPS) is 28.4. The molecule has 2 rings (SSSR count). The Balaban J connectivity index is 1.66. The second-order valence-corrected chi connectivity index (χ2v) is 4.42. The summed E-state index contributed by atoms with van der Waals surface area (Å²) in [6, 6.07) is 0. The lowest BCUT2D eigenvalue weighted by Gasteiger charge is -2.39. The average molecular weight is 184 g/mol. The zero-order valence-electron chi connectivity index (χ0n) is 8.26. The third kappa shape index (κ3) is 2.42. The maximum absolute atomic E-state index is 9.90. The molecule has 13 heavy (non-hydrogen) atoms. The van der Waals surface area contributed by atoms with Crippen LogP contribution < -0.4 is 5.32 Å². The minimum atomic E-state index is -0.287. The summed E-state index contributed by atoms with van der Waals surface area (Å²) in [6.45, 7) is 5.60. The van der Waals surface area contributed by atoms with Gasteiger partial charge in [-0.2, -0.15) is 0 Å². The summed E-state index contributed by atoms with van der Waals surface area (Å²) in [6.07, 6.45) is 4.25. The van der Waals surface area contributed by atoms with Crippen LogP contribution in [-0.4, -0.2) is 48.3 Å². The van der Waals surface area contributed by atoms with Crippen molar-refractivity contribution in [2.45, 2.75) is 31.3 Å². The van der Waals surface area contributed by atoms with Gasteiger partial charge in [0, 0.05) is 32.7 Å². The van der Waals surface area contributed by atoms with Crippen LogP contribution in [0.1, 0.15) is 25.7 Å². The third-order valence-corrected chi connectivity index (χ3v) is 3.39. The van der Waals surface area contributed by atoms with Crippen molar-refractivity contribution >= 4 is 0 Å². The van der Waals surface area contributed by atoms with Crippen LogP contribution in [0.25, 0.3) is 0 Å². The molecule has 0 unspecified atom stereocenters. The number of nitrogens with zero attached hydrogens (tertiary/aromatic N) is 1. The van der Waals surface area contributed by atoms with Crippen LogP contribution in [0.4, 0.5) is 0 Å². The number of rotatable bonds is 3. The molecule has 2 fully saturated rings. The lowest BCUT2D eigenvalue weighted by molar-refractivity contribution is -0.0467. The Morgan fingerprint density at radius 2 is 1.92 bits per heavy atom. The lowest BCUT2D eigenvalue weighted by Crippen LogP contribution is -2.47. The summed E-state index contributed by atoms with van der Waals surface area (Å²) in [5.74, 6) is 0. The van der Waals surface area contributed by atoms with Crippen molar-refractivity contribution < 1.29 is 5.11 Å². The van der Waals surface area contributed by atoms with Gasteiger partial charge in [0.25, 0.3) is 0 Å². The topological polar surface area (TPSA) is 35.5 Å². The van der Waals surface area contributed by atoms with E-state index in [4.69, 9.17) is 0 Å². The van der Waals surface area contributed by atoms with Gasteiger partial charge in [0.1, 0.15) is 0 Å². The van der Waals surface area contributed by atoms with Gasteiger partial charge in [-0.05, 0) is 25.7 Å². The molecule has 1 heterocycles. The summed E-state index contributed by atoms with van der Waals surface area (Å²) >= 11 is 0.